The second-order valence-corrected chi connectivity index (χ2v) is 8.17. The predicted octanol–water partition coefficient (Wildman–Crippen LogP) is -10.7. The Morgan fingerprint density at radius 2 is 1.77 bits per heavy atom. The molecule has 9 N–H and O–H groups in total. The molecule has 1 saturated heterocycles. The summed E-state index contributed by atoms with van der Waals surface area (Å²) in [5.41, 5.74) is 6.06. The van der Waals surface area contributed by atoms with E-state index in [1.165, 1.54) is 10.9 Å². The van der Waals surface area contributed by atoms with Gasteiger partial charge in [0.15, 0.2) is 17.7 Å². The molecule has 0 amide bonds. The Hall–Kier alpha value is 0.410. The standard InChI is InChI=1S/C10H15N5O10P2.2Na.2H2O/c11-8-5-9(13-2-12-8)15(3-14-5)10-7(17)6(16)4(24-10)1-23-27(21,22)25-26(18,19)20;;;;/h2-4,6-7,10,16-17H,1H2,(H,21,22)(H2,11,12,13)(H2,18,19,20);;;2*1H2/q;2*+1;;/p-2/t4-,6+,7+,10+;;;;/m1..../s1. The van der Waals surface area contributed by atoms with Crippen molar-refractivity contribution in [2.45, 2.75) is 24.5 Å². The van der Waals surface area contributed by atoms with Gasteiger partial charge in [0.25, 0.3) is 15.6 Å². The van der Waals surface area contributed by atoms with Gasteiger partial charge < -0.3 is 50.8 Å². The van der Waals surface area contributed by atoms with Gasteiger partial charge in [-0.05, 0) is 0 Å². The van der Waals surface area contributed by atoms with Crippen molar-refractivity contribution in [3.05, 3.63) is 12.7 Å². The van der Waals surface area contributed by atoms with E-state index in [1.54, 1.807) is 0 Å². The molecule has 0 aliphatic carbocycles. The van der Waals surface area contributed by atoms with Gasteiger partial charge in [-0.3, -0.25) is 13.7 Å². The van der Waals surface area contributed by atoms with Crippen molar-refractivity contribution in [2.24, 2.45) is 0 Å². The molecule has 0 radical (unpaired) electrons. The van der Waals surface area contributed by atoms with Gasteiger partial charge in [0.2, 0.25) is 0 Å². The number of phosphoric acid groups is 2. The van der Waals surface area contributed by atoms with Crippen LogP contribution in [0, 0.1) is 0 Å². The maximum Gasteiger partial charge on any atom is 1.00 e. The molecule has 3 rings (SSSR count). The first-order valence-electron chi connectivity index (χ1n) is 7.14. The number of hydrogen-bond acceptors (Lipinski definition) is 13. The second-order valence-electron chi connectivity index (χ2n) is 5.42. The molecular formula is C10H17N5Na2O12P2. The molecule has 17 nitrogen and oxygen atoms in total. The summed E-state index contributed by atoms with van der Waals surface area (Å²) in [5, 5.41) is 20.2. The fourth-order valence-corrected chi connectivity index (χ4v) is 4.00. The van der Waals surface area contributed by atoms with E-state index in [4.69, 9.17) is 15.4 Å². The fraction of sp³-hybridized carbons (Fsp3) is 0.500. The summed E-state index contributed by atoms with van der Waals surface area (Å²) in [6, 6.07) is 0. The van der Waals surface area contributed by atoms with Crippen LogP contribution in [-0.4, -0.2) is 70.5 Å². The average molecular weight is 507 g/mol. The van der Waals surface area contributed by atoms with Crippen LogP contribution in [0.25, 0.3) is 11.2 Å². The molecule has 0 bridgehead atoms. The number of nitrogen functional groups attached to an aromatic ring is 1. The normalized spacial score (nSPS) is 26.4. The van der Waals surface area contributed by atoms with E-state index in [9.17, 15) is 29.1 Å². The molecule has 3 heterocycles. The molecule has 1 aliphatic rings. The summed E-state index contributed by atoms with van der Waals surface area (Å²) in [7, 11) is -11.0. The number of phosphoric ester groups is 1. The predicted molar refractivity (Wildman–Crippen MR) is 87.4 cm³/mol. The van der Waals surface area contributed by atoms with Gasteiger partial charge in [-0.2, -0.15) is 0 Å². The minimum atomic E-state index is -5.60. The summed E-state index contributed by atoms with van der Waals surface area (Å²) in [5.74, 6) is 0.0714. The average Bonchev–Trinajstić information content (AvgIpc) is 3.07. The Bertz CT molecular complexity index is 946. The van der Waals surface area contributed by atoms with Crippen LogP contribution in [-0.2, 0) is 22.7 Å². The van der Waals surface area contributed by atoms with Gasteiger partial charge in [-0.15, -0.1) is 0 Å². The summed E-state index contributed by atoms with van der Waals surface area (Å²) in [6.07, 6.45) is -3.40. The molecular weight excluding hydrogens is 490 g/mol. The fourth-order valence-electron chi connectivity index (χ4n) is 2.47. The SMILES string of the molecule is Nc1ncnc2c1ncn2[C@H]1O[C@H](COP(=O)([O-])OP(=O)([O-])O)[C@H](O)[C@@H]1O.O.O.[Na+].[Na+]. The van der Waals surface area contributed by atoms with Crippen molar-refractivity contribution in [1.82, 2.24) is 19.5 Å². The minimum absolute atomic E-state index is 0. The first-order chi connectivity index (χ1) is 12.5. The second kappa shape index (κ2) is 12.8. The molecule has 0 aromatic carbocycles. The van der Waals surface area contributed by atoms with Crippen molar-refractivity contribution in [1.29, 1.82) is 0 Å². The number of imidazole rings is 1. The van der Waals surface area contributed by atoms with Gasteiger partial charge >= 0.3 is 59.1 Å². The van der Waals surface area contributed by atoms with Crippen LogP contribution in [0.5, 0.6) is 0 Å². The van der Waals surface area contributed by atoms with E-state index >= 15 is 0 Å². The van der Waals surface area contributed by atoms with Crippen LogP contribution >= 0.6 is 15.6 Å². The first kappa shape index (κ1) is 33.6. The number of rotatable bonds is 6. The van der Waals surface area contributed by atoms with E-state index < -0.39 is 46.8 Å². The first-order valence-corrected chi connectivity index (χ1v) is 10.1. The van der Waals surface area contributed by atoms with Crippen molar-refractivity contribution in [3.8, 4) is 0 Å². The number of anilines is 1. The summed E-state index contributed by atoms with van der Waals surface area (Å²) in [4.78, 5) is 41.9. The monoisotopic (exact) mass is 507 g/mol. The quantitative estimate of drug-likeness (QED) is 0.208. The minimum Gasteiger partial charge on any atom is -0.756 e. The number of ether oxygens (including phenoxy) is 1. The molecule has 6 atom stereocenters. The van der Waals surface area contributed by atoms with Gasteiger partial charge in [-0.1, -0.05) is 0 Å². The molecule has 21 heteroatoms. The third kappa shape index (κ3) is 7.99. The Morgan fingerprint density at radius 3 is 2.35 bits per heavy atom. The van der Waals surface area contributed by atoms with Crippen LogP contribution in [0.15, 0.2) is 12.7 Å². The topological polar surface area (TPSA) is 301 Å². The smallest absolute Gasteiger partial charge is 0.756 e. The van der Waals surface area contributed by atoms with E-state index in [0.717, 1.165) is 6.33 Å². The van der Waals surface area contributed by atoms with Crippen LogP contribution in [0.3, 0.4) is 0 Å². The van der Waals surface area contributed by atoms with Gasteiger partial charge in [-0.25, -0.2) is 19.3 Å². The molecule has 0 saturated carbocycles. The van der Waals surface area contributed by atoms with E-state index in [-0.39, 0.29) is 87.0 Å². The van der Waals surface area contributed by atoms with Crippen molar-refractivity contribution in [2.75, 3.05) is 12.3 Å². The Labute approximate surface area is 218 Å². The van der Waals surface area contributed by atoms with Crippen molar-refractivity contribution >= 4 is 32.6 Å². The molecule has 0 spiro atoms. The number of aromatic nitrogens is 4. The zero-order valence-electron chi connectivity index (χ0n) is 16.1. The molecule has 166 valence electrons. The Kier molecular flexibility index (Phi) is 13.8. The van der Waals surface area contributed by atoms with E-state index in [0.29, 0.717) is 0 Å². The van der Waals surface area contributed by atoms with E-state index in [1.807, 2.05) is 0 Å². The van der Waals surface area contributed by atoms with E-state index in [2.05, 4.69) is 23.8 Å². The number of aliphatic hydroxyl groups is 2. The molecule has 2 unspecified atom stereocenters. The summed E-state index contributed by atoms with van der Waals surface area (Å²) in [6.45, 7) is -0.904. The number of hydrogen-bond donors (Lipinski definition) is 4. The van der Waals surface area contributed by atoms with Gasteiger partial charge in [0.05, 0.1) is 12.9 Å². The Morgan fingerprint density at radius 1 is 1.16 bits per heavy atom. The zero-order chi connectivity index (χ0) is 20.0. The number of nitrogens with zero attached hydrogens (tertiary/aromatic N) is 4. The van der Waals surface area contributed by atoms with Crippen molar-refractivity contribution in [3.63, 3.8) is 0 Å². The third-order valence-electron chi connectivity index (χ3n) is 3.60. The summed E-state index contributed by atoms with van der Waals surface area (Å²) < 4.78 is 36.1. The largest absolute Gasteiger partial charge is 1.00 e. The Balaban J connectivity index is 0. The number of nitrogens with two attached hydrogens (primary N) is 1. The van der Waals surface area contributed by atoms with Crippen molar-refractivity contribution < 1.29 is 118 Å². The van der Waals surface area contributed by atoms with Crippen LogP contribution in [0.2, 0.25) is 0 Å². The number of aliphatic hydroxyl groups excluding tert-OH is 2. The van der Waals surface area contributed by atoms with Crippen LogP contribution in [0.4, 0.5) is 5.82 Å². The molecule has 1 aliphatic heterocycles. The van der Waals surface area contributed by atoms with Crippen LogP contribution in [0.1, 0.15) is 6.23 Å². The third-order valence-corrected chi connectivity index (χ3v) is 5.69. The van der Waals surface area contributed by atoms with Gasteiger partial charge in [0, 0.05) is 0 Å². The summed E-state index contributed by atoms with van der Waals surface area (Å²) >= 11 is 0. The molecule has 1 fully saturated rings. The zero-order valence-corrected chi connectivity index (χ0v) is 21.9. The van der Waals surface area contributed by atoms with Crippen LogP contribution < -0.4 is 74.6 Å². The maximum atomic E-state index is 11.3. The molecule has 31 heavy (non-hydrogen) atoms. The number of fused-ring (bicyclic) bond motifs is 1. The molecule has 2 aromatic heterocycles. The van der Waals surface area contributed by atoms with Gasteiger partial charge in [0.1, 0.15) is 30.2 Å². The molecule has 2 aromatic rings. The maximum absolute atomic E-state index is 11.3.